The van der Waals surface area contributed by atoms with E-state index in [4.69, 9.17) is 14.6 Å². The maximum Gasteiger partial charge on any atom is 0.211 e. The normalized spacial score (nSPS) is 17.6. The van der Waals surface area contributed by atoms with Crippen LogP contribution in [0, 0.1) is 5.41 Å². The van der Waals surface area contributed by atoms with Crippen LogP contribution >= 0.6 is 0 Å². The Morgan fingerprint density at radius 3 is 1.96 bits per heavy atom. The monoisotopic (exact) mass is 383 g/mol. The number of aliphatic hydroxyl groups excluding tert-OH is 2. The fourth-order valence-electron chi connectivity index (χ4n) is 2.11. The topological polar surface area (TPSA) is 96.3 Å². The van der Waals surface area contributed by atoms with Gasteiger partial charge in [0.1, 0.15) is 6.10 Å². The van der Waals surface area contributed by atoms with Gasteiger partial charge in [0.2, 0.25) is 10.0 Å². The highest BCUT2D eigenvalue weighted by Gasteiger charge is 2.34. The van der Waals surface area contributed by atoms with E-state index in [-0.39, 0.29) is 37.9 Å². The van der Waals surface area contributed by atoms with Gasteiger partial charge < -0.3 is 19.7 Å². The van der Waals surface area contributed by atoms with Crippen LogP contribution in [-0.2, 0) is 19.5 Å². The van der Waals surface area contributed by atoms with Crippen molar-refractivity contribution < 1.29 is 28.1 Å². The Labute approximate surface area is 153 Å². The summed E-state index contributed by atoms with van der Waals surface area (Å²) in [5.74, 6) is 0. The molecular formula is C17H37NO6S. The molecule has 0 aliphatic carbocycles. The summed E-state index contributed by atoms with van der Waals surface area (Å²) in [6, 6.07) is 0. The molecule has 0 aromatic rings. The minimum absolute atomic E-state index is 0.0331. The number of aliphatic hydroxyl groups is 2. The predicted molar refractivity (Wildman–Crippen MR) is 99.0 cm³/mol. The number of nitrogens with zero attached hydrogens (tertiary/aromatic N) is 1. The van der Waals surface area contributed by atoms with Crippen molar-refractivity contribution in [2.24, 2.45) is 5.41 Å². The highest BCUT2D eigenvalue weighted by Crippen LogP contribution is 2.25. The van der Waals surface area contributed by atoms with Crippen LogP contribution < -0.4 is 0 Å². The third-order valence-corrected chi connectivity index (χ3v) is 5.46. The van der Waals surface area contributed by atoms with Crippen molar-refractivity contribution in [1.29, 1.82) is 0 Å². The lowest BCUT2D eigenvalue weighted by Gasteiger charge is -2.38. The summed E-state index contributed by atoms with van der Waals surface area (Å²) in [6.07, 6.45) is -0.396. The molecule has 7 nitrogen and oxygen atoms in total. The first kappa shape index (κ1) is 24.8. The SMILES string of the molecule is CC(OC(COCC(O)CO)CN(C(C)(C)C)S(C)(=O)=O)C(C)(C)C. The molecule has 0 rings (SSSR count). The van der Waals surface area contributed by atoms with Gasteiger partial charge in [0, 0.05) is 12.1 Å². The molecule has 25 heavy (non-hydrogen) atoms. The zero-order chi connectivity index (χ0) is 20.1. The molecule has 0 aliphatic rings. The fourth-order valence-corrected chi connectivity index (χ4v) is 3.54. The Bertz CT molecular complexity index is 480. The molecule has 3 atom stereocenters. The molecule has 3 unspecified atom stereocenters. The molecule has 152 valence electrons. The summed E-state index contributed by atoms with van der Waals surface area (Å²) in [6.45, 7) is 13.4. The standard InChI is InChI=1S/C17H37NO6S/c1-13(16(2,3)4)24-15(12-23-11-14(20)10-19)9-18(17(5,6)7)25(8,21)22/h13-15,19-20H,9-12H2,1-8H3. The largest absolute Gasteiger partial charge is 0.394 e. The van der Waals surface area contributed by atoms with E-state index in [2.05, 4.69) is 0 Å². The second kappa shape index (κ2) is 9.62. The molecule has 0 aromatic heterocycles. The molecule has 8 heteroatoms. The molecule has 0 saturated heterocycles. The van der Waals surface area contributed by atoms with Gasteiger partial charge in [0.15, 0.2) is 0 Å². The molecule has 0 bridgehead atoms. The van der Waals surface area contributed by atoms with Gasteiger partial charge in [-0.2, -0.15) is 4.31 Å². The summed E-state index contributed by atoms with van der Waals surface area (Å²) < 4.78 is 37.3. The Morgan fingerprint density at radius 2 is 1.60 bits per heavy atom. The first-order valence-electron chi connectivity index (χ1n) is 8.59. The van der Waals surface area contributed by atoms with Crippen LogP contribution in [0.15, 0.2) is 0 Å². The van der Waals surface area contributed by atoms with Gasteiger partial charge in [-0.3, -0.25) is 0 Å². The van der Waals surface area contributed by atoms with Crippen molar-refractivity contribution in [1.82, 2.24) is 4.31 Å². The zero-order valence-corrected chi connectivity index (χ0v) is 17.8. The summed E-state index contributed by atoms with van der Waals surface area (Å²) >= 11 is 0. The highest BCUT2D eigenvalue weighted by molar-refractivity contribution is 7.88. The molecule has 0 amide bonds. The van der Waals surface area contributed by atoms with E-state index in [0.29, 0.717) is 0 Å². The molecule has 0 saturated carbocycles. The number of sulfonamides is 1. The summed E-state index contributed by atoms with van der Waals surface area (Å²) in [5.41, 5.74) is -0.703. The molecular weight excluding hydrogens is 346 g/mol. The van der Waals surface area contributed by atoms with Gasteiger partial charge in [0.25, 0.3) is 0 Å². The van der Waals surface area contributed by atoms with E-state index >= 15 is 0 Å². The van der Waals surface area contributed by atoms with Gasteiger partial charge in [-0.25, -0.2) is 8.42 Å². The summed E-state index contributed by atoms with van der Waals surface area (Å²) in [7, 11) is -3.43. The minimum Gasteiger partial charge on any atom is -0.394 e. The number of ether oxygens (including phenoxy) is 2. The van der Waals surface area contributed by atoms with Gasteiger partial charge >= 0.3 is 0 Å². The van der Waals surface area contributed by atoms with Crippen LogP contribution in [0.4, 0.5) is 0 Å². The zero-order valence-electron chi connectivity index (χ0n) is 16.9. The molecule has 2 N–H and O–H groups in total. The smallest absolute Gasteiger partial charge is 0.211 e. The van der Waals surface area contributed by atoms with E-state index in [1.165, 1.54) is 10.6 Å². The maximum atomic E-state index is 12.2. The van der Waals surface area contributed by atoms with Gasteiger partial charge in [-0.15, -0.1) is 0 Å². The molecule has 0 heterocycles. The van der Waals surface area contributed by atoms with Gasteiger partial charge in [0.05, 0.1) is 38.3 Å². The Kier molecular flexibility index (Phi) is 9.52. The average Bonchev–Trinajstić information content (AvgIpc) is 2.40. The lowest BCUT2D eigenvalue weighted by atomic mass is 9.90. The van der Waals surface area contributed by atoms with Crippen LogP contribution in [0.1, 0.15) is 48.5 Å². The quantitative estimate of drug-likeness (QED) is 0.589. The maximum absolute atomic E-state index is 12.2. The lowest BCUT2D eigenvalue weighted by Crippen LogP contribution is -2.51. The van der Waals surface area contributed by atoms with Crippen molar-refractivity contribution in [2.45, 2.75) is 72.3 Å². The first-order chi connectivity index (χ1) is 11.1. The van der Waals surface area contributed by atoms with Crippen LogP contribution in [0.3, 0.4) is 0 Å². The van der Waals surface area contributed by atoms with E-state index < -0.39 is 27.8 Å². The highest BCUT2D eigenvalue weighted by atomic mass is 32.2. The molecule has 0 fully saturated rings. The number of rotatable bonds is 10. The van der Waals surface area contributed by atoms with E-state index in [0.717, 1.165) is 0 Å². The van der Waals surface area contributed by atoms with E-state index in [1.807, 2.05) is 48.5 Å². The van der Waals surface area contributed by atoms with Crippen LogP contribution in [-0.4, -0.2) is 79.4 Å². The average molecular weight is 384 g/mol. The van der Waals surface area contributed by atoms with Crippen molar-refractivity contribution in [3.8, 4) is 0 Å². The Morgan fingerprint density at radius 1 is 1.08 bits per heavy atom. The van der Waals surface area contributed by atoms with E-state index in [9.17, 15) is 13.5 Å². The van der Waals surface area contributed by atoms with Crippen LogP contribution in [0.25, 0.3) is 0 Å². The second-order valence-electron chi connectivity index (χ2n) is 8.61. The summed E-state index contributed by atoms with van der Waals surface area (Å²) in [5, 5.41) is 18.3. The fraction of sp³-hybridized carbons (Fsp3) is 1.00. The lowest BCUT2D eigenvalue weighted by molar-refractivity contribution is -0.104. The Hall–Kier alpha value is -0.250. The molecule has 0 aliphatic heterocycles. The van der Waals surface area contributed by atoms with Crippen LogP contribution in [0.2, 0.25) is 0 Å². The van der Waals surface area contributed by atoms with Crippen molar-refractivity contribution >= 4 is 10.0 Å². The Balaban J connectivity index is 5.21. The molecule has 0 aromatic carbocycles. The third-order valence-electron chi connectivity index (χ3n) is 3.96. The number of hydrogen-bond donors (Lipinski definition) is 2. The summed E-state index contributed by atoms with van der Waals surface area (Å²) in [4.78, 5) is 0. The third kappa shape index (κ3) is 9.86. The number of hydrogen-bond acceptors (Lipinski definition) is 6. The predicted octanol–water partition coefficient (Wildman–Crippen LogP) is 1.24. The van der Waals surface area contributed by atoms with Gasteiger partial charge in [-0.05, 0) is 33.1 Å². The van der Waals surface area contributed by atoms with Crippen LogP contribution in [0.5, 0.6) is 0 Å². The van der Waals surface area contributed by atoms with E-state index in [1.54, 1.807) is 0 Å². The van der Waals surface area contributed by atoms with Gasteiger partial charge in [-0.1, -0.05) is 20.8 Å². The molecule has 0 radical (unpaired) electrons. The van der Waals surface area contributed by atoms with Crippen molar-refractivity contribution in [3.63, 3.8) is 0 Å². The molecule has 0 spiro atoms. The first-order valence-corrected chi connectivity index (χ1v) is 10.4. The minimum atomic E-state index is -3.43. The second-order valence-corrected chi connectivity index (χ2v) is 10.5. The van der Waals surface area contributed by atoms with Crippen molar-refractivity contribution in [3.05, 3.63) is 0 Å². The van der Waals surface area contributed by atoms with Crippen molar-refractivity contribution in [2.75, 3.05) is 32.6 Å².